The number of piperidine rings is 2. The number of hydrogen-bond donors (Lipinski definition) is 0. The summed E-state index contributed by atoms with van der Waals surface area (Å²) >= 11 is 0. The molecule has 2 nitrogen and oxygen atoms in total. The third-order valence-corrected chi connectivity index (χ3v) is 5.77. The minimum atomic E-state index is -0.956. The van der Waals surface area contributed by atoms with Crippen LogP contribution in [0.4, 0.5) is 4.39 Å². The summed E-state index contributed by atoms with van der Waals surface area (Å²) in [6.45, 7) is 16.0. The summed E-state index contributed by atoms with van der Waals surface area (Å²) in [5.41, 5.74) is -0.630. The molecular weight excluding hydrogens is 251 g/mol. The van der Waals surface area contributed by atoms with Crippen molar-refractivity contribution in [3.63, 3.8) is 0 Å². The first-order valence-corrected chi connectivity index (χ1v) is 8.37. The van der Waals surface area contributed by atoms with E-state index in [0.717, 1.165) is 32.1 Å². The summed E-state index contributed by atoms with van der Waals surface area (Å²) in [6.07, 6.45) is 2.62. The van der Waals surface area contributed by atoms with Gasteiger partial charge in [-0.05, 0) is 51.0 Å². The third kappa shape index (κ3) is 3.73. The van der Waals surface area contributed by atoms with Crippen molar-refractivity contribution in [1.82, 2.24) is 9.80 Å². The highest BCUT2D eigenvalue weighted by molar-refractivity contribution is 4.93. The van der Waals surface area contributed by atoms with Crippen molar-refractivity contribution in [2.45, 2.75) is 65.6 Å². The van der Waals surface area contributed by atoms with Crippen LogP contribution < -0.4 is 0 Å². The van der Waals surface area contributed by atoms with Crippen molar-refractivity contribution in [3.8, 4) is 0 Å². The number of rotatable bonds is 3. The van der Waals surface area contributed by atoms with E-state index in [1.165, 1.54) is 6.42 Å². The zero-order chi connectivity index (χ0) is 15.0. The van der Waals surface area contributed by atoms with Crippen molar-refractivity contribution in [3.05, 3.63) is 0 Å². The van der Waals surface area contributed by atoms with Crippen LogP contribution in [0.25, 0.3) is 0 Å². The van der Waals surface area contributed by atoms with E-state index in [-0.39, 0.29) is 0 Å². The maximum Gasteiger partial charge on any atom is 0.126 e. The van der Waals surface area contributed by atoms with Crippen LogP contribution >= 0.6 is 0 Å². The second-order valence-corrected chi connectivity index (χ2v) is 8.17. The molecular formula is C17H33FN2. The van der Waals surface area contributed by atoms with Crippen LogP contribution in [0, 0.1) is 11.3 Å². The molecule has 0 bridgehead atoms. The van der Waals surface area contributed by atoms with Crippen LogP contribution in [-0.2, 0) is 0 Å². The van der Waals surface area contributed by atoms with Gasteiger partial charge in [-0.25, -0.2) is 4.39 Å². The van der Waals surface area contributed by atoms with Gasteiger partial charge in [-0.15, -0.1) is 0 Å². The molecule has 0 spiro atoms. The molecule has 2 heterocycles. The van der Waals surface area contributed by atoms with Gasteiger partial charge in [0.25, 0.3) is 0 Å². The predicted molar refractivity (Wildman–Crippen MR) is 83.8 cm³/mol. The average Bonchev–Trinajstić information content (AvgIpc) is 2.33. The van der Waals surface area contributed by atoms with Crippen LogP contribution in [0.1, 0.15) is 53.9 Å². The molecule has 20 heavy (non-hydrogen) atoms. The summed E-state index contributed by atoms with van der Waals surface area (Å²) in [6, 6.07) is 0.550. The smallest absolute Gasteiger partial charge is 0.126 e. The van der Waals surface area contributed by atoms with Gasteiger partial charge in [0, 0.05) is 32.2 Å². The number of nitrogens with zero attached hydrogens (tertiary/aromatic N) is 2. The van der Waals surface area contributed by atoms with E-state index >= 15 is 4.39 Å². The fourth-order valence-corrected chi connectivity index (χ4v) is 3.71. The Kier molecular flexibility index (Phi) is 4.80. The molecule has 2 saturated heterocycles. The van der Waals surface area contributed by atoms with Gasteiger partial charge < -0.3 is 4.90 Å². The highest BCUT2D eigenvalue weighted by Gasteiger charge is 2.40. The highest BCUT2D eigenvalue weighted by atomic mass is 19.1. The van der Waals surface area contributed by atoms with E-state index < -0.39 is 5.67 Å². The molecule has 0 aromatic rings. The Labute approximate surface area is 124 Å². The van der Waals surface area contributed by atoms with Crippen LogP contribution in [0.5, 0.6) is 0 Å². The van der Waals surface area contributed by atoms with Crippen LogP contribution in [-0.4, -0.2) is 54.2 Å². The van der Waals surface area contributed by atoms with Crippen LogP contribution in [0.3, 0.4) is 0 Å². The largest absolute Gasteiger partial charge is 0.301 e. The number of likely N-dealkylation sites (tertiary alicyclic amines) is 2. The third-order valence-electron chi connectivity index (χ3n) is 5.77. The number of hydrogen-bond acceptors (Lipinski definition) is 2. The molecule has 0 N–H and O–H groups in total. The van der Waals surface area contributed by atoms with Gasteiger partial charge in [0.1, 0.15) is 5.67 Å². The summed E-state index contributed by atoms with van der Waals surface area (Å²) in [7, 11) is 0. The van der Waals surface area contributed by atoms with Gasteiger partial charge in [0.05, 0.1) is 0 Å². The van der Waals surface area contributed by atoms with E-state index in [4.69, 9.17) is 0 Å². The lowest BCUT2D eigenvalue weighted by Crippen LogP contribution is -2.53. The normalized spacial score (nSPS) is 31.6. The molecule has 0 amide bonds. The summed E-state index contributed by atoms with van der Waals surface area (Å²) in [4.78, 5) is 4.78. The molecule has 0 aliphatic carbocycles. The molecule has 1 atom stereocenters. The summed E-state index contributed by atoms with van der Waals surface area (Å²) in [5, 5.41) is 0. The second-order valence-electron chi connectivity index (χ2n) is 8.17. The van der Waals surface area contributed by atoms with E-state index in [2.05, 4.69) is 44.4 Å². The Hall–Kier alpha value is -0.150. The van der Waals surface area contributed by atoms with Gasteiger partial charge in [-0.3, -0.25) is 4.90 Å². The van der Waals surface area contributed by atoms with Gasteiger partial charge in [0.15, 0.2) is 0 Å². The van der Waals surface area contributed by atoms with Crippen molar-refractivity contribution in [2.75, 3.05) is 32.7 Å². The van der Waals surface area contributed by atoms with E-state index in [1.807, 2.05) is 0 Å². The predicted octanol–water partition coefficient (Wildman–Crippen LogP) is 3.57. The molecule has 0 aromatic heterocycles. The molecule has 3 heteroatoms. The van der Waals surface area contributed by atoms with Gasteiger partial charge in [-0.2, -0.15) is 0 Å². The molecule has 2 aliphatic heterocycles. The lowest BCUT2D eigenvalue weighted by molar-refractivity contribution is -0.0161. The molecule has 2 rings (SSSR count). The molecule has 2 fully saturated rings. The second kappa shape index (κ2) is 5.92. The maximum absolute atomic E-state index is 15.1. The Morgan fingerprint density at radius 1 is 1.15 bits per heavy atom. The molecule has 0 radical (unpaired) electrons. The minimum absolute atomic E-state index is 0.327. The molecule has 1 unspecified atom stereocenters. The number of halogens is 1. The lowest BCUT2D eigenvalue weighted by Gasteiger charge is -2.46. The minimum Gasteiger partial charge on any atom is -0.301 e. The Bertz CT molecular complexity index is 319. The van der Waals surface area contributed by atoms with E-state index in [9.17, 15) is 0 Å². The first-order chi connectivity index (χ1) is 9.22. The standard InChI is InChI=1S/C17H33FN2/c1-14(2)20-10-7-17(18,8-11-20)13-19-9-6-15(3)16(4,5)12-19/h14-15H,6-13H2,1-5H3. The quantitative estimate of drug-likeness (QED) is 0.782. The zero-order valence-corrected chi connectivity index (χ0v) is 14.1. The topological polar surface area (TPSA) is 6.48 Å². The fourth-order valence-electron chi connectivity index (χ4n) is 3.71. The lowest BCUT2D eigenvalue weighted by atomic mass is 9.74. The molecule has 0 saturated carbocycles. The Morgan fingerprint density at radius 3 is 2.25 bits per heavy atom. The maximum atomic E-state index is 15.1. The molecule has 0 aromatic carbocycles. The average molecular weight is 284 g/mol. The SMILES string of the molecule is CC(C)N1CCC(F)(CN2CCC(C)C(C)(C)C2)CC1. The zero-order valence-electron chi connectivity index (χ0n) is 14.1. The van der Waals surface area contributed by atoms with E-state index in [1.54, 1.807) is 0 Å². The van der Waals surface area contributed by atoms with Crippen molar-refractivity contribution >= 4 is 0 Å². The number of alkyl halides is 1. The van der Waals surface area contributed by atoms with Gasteiger partial charge in [0.2, 0.25) is 0 Å². The Balaban J connectivity index is 1.87. The van der Waals surface area contributed by atoms with Crippen molar-refractivity contribution in [1.29, 1.82) is 0 Å². The molecule has 2 aliphatic rings. The van der Waals surface area contributed by atoms with Gasteiger partial charge >= 0.3 is 0 Å². The van der Waals surface area contributed by atoms with Crippen LogP contribution in [0.15, 0.2) is 0 Å². The van der Waals surface area contributed by atoms with Gasteiger partial charge in [-0.1, -0.05) is 20.8 Å². The van der Waals surface area contributed by atoms with E-state index in [0.29, 0.717) is 30.8 Å². The first-order valence-electron chi connectivity index (χ1n) is 8.37. The Morgan fingerprint density at radius 2 is 1.75 bits per heavy atom. The van der Waals surface area contributed by atoms with Crippen molar-refractivity contribution in [2.24, 2.45) is 11.3 Å². The summed E-state index contributed by atoms with van der Waals surface area (Å²) < 4.78 is 15.1. The highest BCUT2D eigenvalue weighted by Crippen LogP contribution is 2.36. The van der Waals surface area contributed by atoms with Crippen LogP contribution in [0.2, 0.25) is 0 Å². The fraction of sp³-hybridized carbons (Fsp3) is 1.00. The molecule has 118 valence electrons. The van der Waals surface area contributed by atoms with Crippen molar-refractivity contribution < 1.29 is 4.39 Å². The monoisotopic (exact) mass is 284 g/mol. The first kappa shape index (κ1) is 16.2. The summed E-state index contributed by atoms with van der Waals surface area (Å²) in [5.74, 6) is 0.747.